The average Bonchev–Trinajstić information content (AvgIpc) is 3.11. The molecule has 1 amide bonds. The quantitative estimate of drug-likeness (QED) is 0.795. The molecular weight excluding hydrogens is 300 g/mol. The SMILES string of the molecule is Cc1nc(CC(=O)Nc2ccc(-n3cnnn3)c(C)c2)cs1. The summed E-state index contributed by atoms with van der Waals surface area (Å²) < 4.78 is 1.58. The molecule has 0 spiro atoms. The third-order valence-electron chi connectivity index (χ3n) is 3.08. The van der Waals surface area contributed by atoms with Gasteiger partial charge in [-0.15, -0.1) is 16.4 Å². The van der Waals surface area contributed by atoms with E-state index in [2.05, 4.69) is 25.8 Å². The van der Waals surface area contributed by atoms with Gasteiger partial charge < -0.3 is 5.32 Å². The average molecular weight is 314 g/mol. The van der Waals surface area contributed by atoms with Crippen molar-refractivity contribution in [2.24, 2.45) is 0 Å². The van der Waals surface area contributed by atoms with E-state index < -0.39 is 0 Å². The Morgan fingerprint density at radius 1 is 1.36 bits per heavy atom. The number of carbonyl (C=O) groups excluding carboxylic acids is 1. The van der Waals surface area contributed by atoms with E-state index in [1.165, 1.54) is 6.33 Å². The first kappa shape index (κ1) is 14.3. The minimum absolute atomic E-state index is 0.0835. The van der Waals surface area contributed by atoms with Crippen molar-refractivity contribution in [3.8, 4) is 5.69 Å². The van der Waals surface area contributed by atoms with Crippen molar-refractivity contribution in [2.45, 2.75) is 20.3 Å². The first-order valence-corrected chi connectivity index (χ1v) is 7.54. The zero-order chi connectivity index (χ0) is 15.5. The summed E-state index contributed by atoms with van der Waals surface area (Å²) in [5, 5.41) is 16.8. The molecule has 0 saturated heterocycles. The lowest BCUT2D eigenvalue weighted by molar-refractivity contribution is -0.115. The Morgan fingerprint density at radius 2 is 2.23 bits per heavy atom. The number of amides is 1. The fourth-order valence-electron chi connectivity index (χ4n) is 2.12. The normalized spacial score (nSPS) is 10.6. The number of anilines is 1. The van der Waals surface area contributed by atoms with Crippen LogP contribution in [0.4, 0.5) is 5.69 Å². The van der Waals surface area contributed by atoms with Crippen LogP contribution in [0.15, 0.2) is 29.9 Å². The number of nitrogens with zero attached hydrogens (tertiary/aromatic N) is 5. The van der Waals surface area contributed by atoms with Gasteiger partial charge >= 0.3 is 0 Å². The molecule has 2 aromatic heterocycles. The molecule has 0 bridgehead atoms. The fourth-order valence-corrected chi connectivity index (χ4v) is 2.73. The number of aromatic nitrogens is 5. The van der Waals surface area contributed by atoms with Gasteiger partial charge in [-0.2, -0.15) is 0 Å². The van der Waals surface area contributed by atoms with E-state index >= 15 is 0 Å². The third kappa shape index (κ3) is 3.17. The van der Waals surface area contributed by atoms with Crippen molar-refractivity contribution in [2.75, 3.05) is 5.32 Å². The van der Waals surface area contributed by atoms with Crippen molar-refractivity contribution < 1.29 is 4.79 Å². The highest BCUT2D eigenvalue weighted by Crippen LogP contribution is 2.18. The van der Waals surface area contributed by atoms with E-state index in [9.17, 15) is 4.79 Å². The summed E-state index contributed by atoms with van der Waals surface area (Å²) >= 11 is 1.54. The molecule has 112 valence electrons. The number of rotatable bonds is 4. The highest BCUT2D eigenvalue weighted by molar-refractivity contribution is 7.09. The third-order valence-corrected chi connectivity index (χ3v) is 3.91. The minimum atomic E-state index is -0.0835. The summed E-state index contributed by atoms with van der Waals surface area (Å²) in [5.41, 5.74) is 3.38. The Bertz CT molecular complexity index is 796. The number of benzene rings is 1. The van der Waals surface area contributed by atoms with Gasteiger partial charge in [-0.05, 0) is 48.0 Å². The van der Waals surface area contributed by atoms with Crippen molar-refractivity contribution >= 4 is 22.9 Å². The number of hydrogen-bond acceptors (Lipinski definition) is 6. The molecule has 0 aliphatic rings. The van der Waals surface area contributed by atoms with Gasteiger partial charge in [0.05, 0.1) is 22.8 Å². The molecule has 8 heteroatoms. The van der Waals surface area contributed by atoms with E-state index in [1.54, 1.807) is 16.0 Å². The molecule has 0 aliphatic carbocycles. The zero-order valence-electron chi connectivity index (χ0n) is 12.1. The highest BCUT2D eigenvalue weighted by Gasteiger charge is 2.09. The van der Waals surface area contributed by atoms with E-state index in [0.717, 1.165) is 27.6 Å². The molecule has 2 heterocycles. The molecule has 1 N–H and O–H groups in total. The molecule has 0 aliphatic heterocycles. The van der Waals surface area contributed by atoms with E-state index in [0.29, 0.717) is 0 Å². The zero-order valence-corrected chi connectivity index (χ0v) is 13.0. The smallest absolute Gasteiger partial charge is 0.230 e. The first-order valence-electron chi connectivity index (χ1n) is 6.66. The fraction of sp³-hybridized carbons (Fsp3) is 0.214. The number of thiazole rings is 1. The Hall–Kier alpha value is -2.61. The van der Waals surface area contributed by atoms with Gasteiger partial charge in [0, 0.05) is 11.1 Å². The van der Waals surface area contributed by atoms with Gasteiger partial charge in [0.2, 0.25) is 5.91 Å². The second-order valence-electron chi connectivity index (χ2n) is 4.84. The molecule has 3 rings (SSSR count). The Balaban J connectivity index is 1.70. The Labute approximate surface area is 131 Å². The largest absolute Gasteiger partial charge is 0.326 e. The van der Waals surface area contributed by atoms with Crippen LogP contribution >= 0.6 is 11.3 Å². The number of hydrogen-bond donors (Lipinski definition) is 1. The maximum absolute atomic E-state index is 12.0. The van der Waals surface area contributed by atoms with Crippen LogP contribution in [0.2, 0.25) is 0 Å². The van der Waals surface area contributed by atoms with Gasteiger partial charge in [-0.1, -0.05) is 0 Å². The minimum Gasteiger partial charge on any atom is -0.326 e. The number of tetrazole rings is 1. The molecule has 3 aromatic rings. The summed E-state index contributed by atoms with van der Waals surface area (Å²) in [7, 11) is 0. The number of carbonyl (C=O) groups is 1. The van der Waals surface area contributed by atoms with Gasteiger partial charge in [0.15, 0.2) is 0 Å². The molecule has 1 aromatic carbocycles. The van der Waals surface area contributed by atoms with Crippen LogP contribution in [0.3, 0.4) is 0 Å². The van der Waals surface area contributed by atoms with Crippen molar-refractivity contribution in [3.63, 3.8) is 0 Å². The van der Waals surface area contributed by atoms with Crippen molar-refractivity contribution in [1.82, 2.24) is 25.2 Å². The summed E-state index contributed by atoms with van der Waals surface area (Å²) in [6, 6.07) is 5.59. The lowest BCUT2D eigenvalue weighted by Gasteiger charge is -2.08. The topological polar surface area (TPSA) is 85.6 Å². The Morgan fingerprint density at radius 3 is 2.86 bits per heavy atom. The summed E-state index contributed by atoms with van der Waals surface area (Å²) in [6.07, 6.45) is 1.81. The van der Waals surface area contributed by atoms with Crippen LogP contribution in [0, 0.1) is 13.8 Å². The molecule has 0 atom stereocenters. The number of aryl methyl sites for hydroxylation is 2. The van der Waals surface area contributed by atoms with Crippen molar-refractivity contribution in [1.29, 1.82) is 0 Å². The monoisotopic (exact) mass is 314 g/mol. The second-order valence-corrected chi connectivity index (χ2v) is 5.90. The predicted octanol–water partition coefficient (Wildman–Crippen LogP) is 1.92. The summed E-state index contributed by atoms with van der Waals surface area (Å²) in [4.78, 5) is 16.3. The van der Waals surface area contributed by atoms with Crippen LogP contribution in [0.1, 0.15) is 16.3 Å². The lowest BCUT2D eigenvalue weighted by atomic mass is 10.1. The van der Waals surface area contributed by atoms with Gasteiger partial charge in [-0.25, -0.2) is 9.67 Å². The first-order chi connectivity index (χ1) is 10.6. The highest BCUT2D eigenvalue weighted by atomic mass is 32.1. The van der Waals surface area contributed by atoms with Gasteiger partial charge in [0.1, 0.15) is 6.33 Å². The van der Waals surface area contributed by atoms with Crippen molar-refractivity contribution in [3.05, 3.63) is 46.2 Å². The maximum atomic E-state index is 12.0. The van der Waals surface area contributed by atoms with Crippen LogP contribution in [0.25, 0.3) is 5.69 Å². The molecule has 0 unspecified atom stereocenters. The summed E-state index contributed by atoms with van der Waals surface area (Å²) in [6.45, 7) is 3.86. The molecule has 0 saturated carbocycles. The number of nitrogens with one attached hydrogen (secondary N) is 1. The van der Waals surface area contributed by atoms with E-state index in [4.69, 9.17) is 0 Å². The summed E-state index contributed by atoms with van der Waals surface area (Å²) in [5.74, 6) is -0.0835. The molecule has 0 fully saturated rings. The molecule has 22 heavy (non-hydrogen) atoms. The van der Waals surface area contributed by atoms with Crippen LogP contribution < -0.4 is 5.32 Å². The lowest BCUT2D eigenvalue weighted by Crippen LogP contribution is -2.15. The van der Waals surface area contributed by atoms with Gasteiger partial charge in [0.25, 0.3) is 0 Å². The Kier molecular flexibility index (Phi) is 3.92. The molecule has 7 nitrogen and oxygen atoms in total. The standard InChI is InChI=1S/C14H14N6OS/c1-9-5-11(3-4-13(9)20-8-15-18-19-20)17-14(21)6-12-7-22-10(2)16-12/h3-5,7-8H,6H2,1-2H3,(H,17,21). The van der Waals surface area contributed by atoms with Crippen LogP contribution in [-0.4, -0.2) is 31.1 Å². The maximum Gasteiger partial charge on any atom is 0.230 e. The van der Waals surface area contributed by atoms with Gasteiger partial charge in [-0.3, -0.25) is 4.79 Å². The van der Waals surface area contributed by atoms with E-state index in [1.807, 2.05) is 37.4 Å². The second kappa shape index (κ2) is 6.02. The predicted molar refractivity (Wildman–Crippen MR) is 83.1 cm³/mol. The van der Waals surface area contributed by atoms with Crippen LogP contribution in [0.5, 0.6) is 0 Å². The van der Waals surface area contributed by atoms with Crippen LogP contribution in [-0.2, 0) is 11.2 Å². The van der Waals surface area contributed by atoms with E-state index in [-0.39, 0.29) is 12.3 Å². The molecular formula is C14H14N6OS. The molecule has 0 radical (unpaired) electrons.